The van der Waals surface area contributed by atoms with Crippen molar-refractivity contribution in [3.63, 3.8) is 0 Å². The molecule has 0 aromatic heterocycles. The number of rotatable bonds is 6. The Morgan fingerprint density at radius 3 is 2.32 bits per heavy atom. The van der Waals surface area contributed by atoms with Crippen molar-refractivity contribution < 1.29 is 28.4 Å². The van der Waals surface area contributed by atoms with Crippen LogP contribution in [0, 0.1) is 15.9 Å². The highest BCUT2D eigenvalue weighted by Crippen LogP contribution is 2.26. The molecular formula is C24H16FN3O6. The number of benzene rings is 3. The maximum absolute atomic E-state index is 13.3. The first-order valence-corrected chi connectivity index (χ1v) is 9.95. The number of nitro benzene ring substituents is 1. The van der Waals surface area contributed by atoms with E-state index in [-0.39, 0.29) is 23.6 Å². The molecule has 1 heterocycles. The number of nitrogens with one attached hydrogen (secondary N) is 1. The van der Waals surface area contributed by atoms with Crippen LogP contribution >= 0.6 is 0 Å². The Labute approximate surface area is 192 Å². The van der Waals surface area contributed by atoms with E-state index in [9.17, 15) is 28.9 Å². The summed E-state index contributed by atoms with van der Waals surface area (Å²) in [4.78, 5) is 48.7. The Morgan fingerprint density at radius 1 is 0.971 bits per heavy atom. The van der Waals surface area contributed by atoms with Crippen LogP contribution in [0.1, 0.15) is 11.1 Å². The van der Waals surface area contributed by atoms with Crippen LogP contribution in [-0.2, 0) is 16.2 Å². The first-order valence-electron chi connectivity index (χ1n) is 9.95. The molecule has 1 aliphatic heterocycles. The largest absolute Gasteiger partial charge is 0.488 e. The lowest BCUT2D eigenvalue weighted by Gasteiger charge is -2.26. The fourth-order valence-corrected chi connectivity index (χ4v) is 3.24. The first-order chi connectivity index (χ1) is 16.3. The van der Waals surface area contributed by atoms with Crippen molar-refractivity contribution in [3.05, 3.63) is 105 Å². The van der Waals surface area contributed by atoms with Crippen LogP contribution in [0.25, 0.3) is 6.08 Å². The van der Waals surface area contributed by atoms with Crippen LogP contribution in [0.5, 0.6) is 5.75 Å². The van der Waals surface area contributed by atoms with E-state index in [1.807, 2.05) is 0 Å². The van der Waals surface area contributed by atoms with Crippen molar-refractivity contribution in [3.8, 4) is 5.75 Å². The van der Waals surface area contributed by atoms with Gasteiger partial charge in [-0.2, -0.15) is 0 Å². The summed E-state index contributed by atoms with van der Waals surface area (Å²) >= 11 is 0. The van der Waals surface area contributed by atoms with Crippen LogP contribution in [-0.4, -0.2) is 22.8 Å². The molecule has 0 aliphatic carbocycles. The zero-order chi connectivity index (χ0) is 24.2. The van der Waals surface area contributed by atoms with E-state index in [0.29, 0.717) is 16.9 Å². The summed E-state index contributed by atoms with van der Waals surface area (Å²) in [5.74, 6) is -1.94. The van der Waals surface area contributed by atoms with Gasteiger partial charge in [-0.05, 0) is 54.1 Å². The third kappa shape index (κ3) is 4.65. The maximum Gasteiger partial charge on any atom is 0.335 e. The molecular weight excluding hydrogens is 445 g/mol. The Hall–Kier alpha value is -4.86. The van der Waals surface area contributed by atoms with Gasteiger partial charge >= 0.3 is 6.03 Å². The Morgan fingerprint density at radius 2 is 1.65 bits per heavy atom. The smallest absolute Gasteiger partial charge is 0.335 e. The van der Waals surface area contributed by atoms with E-state index in [0.717, 1.165) is 17.0 Å². The lowest BCUT2D eigenvalue weighted by atomic mass is 10.1. The Kier molecular flexibility index (Phi) is 6.13. The van der Waals surface area contributed by atoms with Gasteiger partial charge in [0.2, 0.25) is 0 Å². The van der Waals surface area contributed by atoms with Crippen LogP contribution in [0.4, 0.5) is 20.6 Å². The molecule has 0 radical (unpaired) electrons. The van der Waals surface area contributed by atoms with Gasteiger partial charge < -0.3 is 4.74 Å². The van der Waals surface area contributed by atoms with Gasteiger partial charge in [0.15, 0.2) is 0 Å². The van der Waals surface area contributed by atoms with Crippen molar-refractivity contribution >= 4 is 35.3 Å². The number of carbonyl (C=O) groups excluding carboxylic acids is 3. The molecule has 3 aromatic rings. The van der Waals surface area contributed by atoms with Crippen molar-refractivity contribution in [1.29, 1.82) is 0 Å². The van der Waals surface area contributed by atoms with Gasteiger partial charge in [0, 0.05) is 17.7 Å². The second-order valence-corrected chi connectivity index (χ2v) is 7.18. The van der Waals surface area contributed by atoms with Gasteiger partial charge in [-0.15, -0.1) is 0 Å². The Bertz CT molecular complexity index is 1320. The fourth-order valence-electron chi connectivity index (χ4n) is 3.24. The summed E-state index contributed by atoms with van der Waals surface area (Å²) in [5.41, 5.74) is 0.820. The average Bonchev–Trinajstić information content (AvgIpc) is 2.82. The molecule has 34 heavy (non-hydrogen) atoms. The molecule has 3 aromatic carbocycles. The van der Waals surface area contributed by atoms with Gasteiger partial charge in [0.1, 0.15) is 23.7 Å². The van der Waals surface area contributed by atoms with Crippen LogP contribution in [0.3, 0.4) is 0 Å². The van der Waals surface area contributed by atoms with Crippen molar-refractivity contribution in [2.45, 2.75) is 6.61 Å². The van der Waals surface area contributed by atoms with Gasteiger partial charge in [0.05, 0.1) is 10.6 Å². The van der Waals surface area contributed by atoms with E-state index in [2.05, 4.69) is 5.32 Å². The third-order valence-corrected chi connectivity index (χ3v) is 4.95. The second-order valence-electron chi connectivity index (χ2n) is 7.18. The Balaban J connectivity index is 1.59. The van der Waals surface area contributed by atoms with E-state index in [4.69, 9.17) is 4.74 Å². The highest BCUT2D eigenvalue weighted by molar-refractivity contribution is 6.39. The highest BCUT2D eigenvalue weighted by atomic mass is 19.1. The zero-order valence-electron chi connectivity index (χ0n) is 17.4. The van der Waals surface area contributed by atoms with Gasteiger partial charge in [-0.3, -0.25) is 25.0 Å². The van der Waals surface area contributed by atoms with Crippen molar-refractivity contribution in [2.24, 2.45) is 0 Å². The number of hydrogen-bond donors (Lipinski definition) is 1. The van der Waals surface area contributed by atoms with Gasteiger partial charge in [0.25, 0.3) is 17.5 Å². The van der Waals surface area contributed by atoms with Crippen molar-refractivity contribution in [1.82, 2.24) is 5.32 Å². The predicted molar refractivity (Wildman–Crippen MR) is 119 cm³/mol. The molecule has 9 nitrogen and oxygen atoms in total. The summed E-state index contributed by atoms with van der Waals surface area (Å²) in [7, 11) is 0. The molecule has 0 atom stereocenters. The number of non-ortho nitro benzene ring substituents is 1. The minimum atomic E-state index is -0.943. The normalized spacial score (nSPS) is 14.8. The number of imide groups is 2. The number of nitrogens with zero attached hydrogens (tertiary/aromatic N) is 2. The highest BCUT2D eigenvalue weighted by Gasteiger charge is 2.37. The van der Waals surface area contributed by atoms with E-state index in [1.165, 1.54) is 30.3 Å². The SMILES string of the molecule is O=C1NC(=O)N(c2ccc(F)cc2)C(=O)/C1=C\c1ccccc1OCc1ccc([N+](=O)[O-])cc1. The number of amides is 4. The standard InChI is InChI=1S/C24H16FN3O6/c25-17-7-11-18(12-8-17)27-23(30)20(22(29)26-24(27)31)13-16-3-1-2-4-21(16)34-14-15-5-9-19(10-6-15)28(32)33/h1-13H,14H2,(H,26,29,31)/b20-13-. The lowest BCUT2D eigenvalue weighted by molar-refractivity contribution is -0.384. The maximum atomic E-state index is 13.3. The molecule has 1 fully saturated rings. The minimum Gasteiger partial charge on any atom is -0.488 e. The molecule has 0 saturated carbocycles. The van der Waals surface area contributed by atoms with Crippen LogP contribution in [0.2, 0.25) is 0 Å². The summed E-state index contributed by atoms with van der Waals surface area (Å²) in [5, 5.41) is 12.9. The molecule has 1 saturated heterocycles. The van der Waals surface area contributed by atoms with Gasteiger partial charge in [-0.1, -0.05) is 18.2 Å². The second kappa shape index (κ2) is 9.33. The van der Waals surface area contributed by atoms with Crippen LogP contribution in [0.15, 0.2) is 78.4 Å². The number of carbonyl (C=O) groups is 3. The average molecular weight is 461 g/mol. The summed E-state index contributed by atoms with van der Waals surface area (Å²) in [6, 6.07) is 16.2. The predicted octanol–water partition coefficient (Wildman–Crippen LogP) is 3.98. The molecule has 1 aliphatic rings. The van der Waals surface area contributed by atoms with Crippen LogP contribution < -0.4 is 15.0 Å². The molecule has 4 amide bonds. The molecule has 1 N–H and O–H groups in total. The summed E-state index contributed by atoms with van der Waals surface area (Å²) in [6.07, 6.45) is 1.30. The number of para-hydroxylation sites is 1. The lowest BCUT2D eigenvalue weighted by Crippen LogP contribution is -2.54. The molecule has 170 valence electrons. The van der Waals surface area contributed by atoms with E-state index >= 15 is 0 Å². The number of halogens is 1. The van der Waals surface area contributed by atoms with Crippen molar-refractivity contribution in [2.75, 3.05) is 4.90 Å². The topological polar surface area (TPSA) is 119 Å². The van der Waals surface area contributed by atoms with E-state index in [1.54, 1.807) is 36.4 Å². The number of barbiturate groups is 1. The van der Waals surface area contributed by atoms with Gasteiger partial charge in [-0.25, -0.2) is 14.1 Å². The monoisotopic (exact) mass is 461 g/mol. The number of nitro groups is 1. The fraction of sp³-hybridized carbons (Fsp3) is 0.0417. The molecule has 4 rings (SSSR count). The molecule has 10 heteroatoms. The first kappa shape index (κ1) is 22.3. The third-order valence-electron chi connectivity index (χ3n) is 4.95. The number of urea groups is 1. The van der Waals surface area contributed by atoms with E-state index < -0.39 is 28.6 Å². The summed E-state index contributed by atoms with van der Waals surface area (Å²) in [6.45, 7) is 0.0819. The minimum absolute atomic E-state index is 0.0454. The number of anilines is 1. The molecule has 0 spiro atoms. The number of ether oxygens (including phenoxy) is 1. The summed E-state index contributed by atoms with van der Waals surface area (Å²) < 4.78 is 19.1. The number of hydrogen-bond acceptors (Lipinski definition) is 6. The zero-order valence-corrected chi connectivity index (χ0v) is 17.4. The molecule has 0 unspecified atom stereocenters. The quantitative estimate of drug-likeness (QED) is 0.257. The molecule has 0 bridgehead atoms.